The highest BCUT2D eigenvalue weighted by molar-refractivity contribution is 6.04. The van der Waals surface area contributed by atoms with E-state index in [4.69, 9.17) is 4.74 Å². The van der Waals surface area contributed by atoms with Crippen LogP contribution in [-0.4, -0.2) is 47.9 Å². The first-order valence-electron chi connectivity index (χ1n) is 5.76. The summed E-state index contributed by atoms with van der Waals surface area (Å²) in [5.41, 5.74) is 0. The average molecular weight is 240 g/mol. The van der Waals surface area contributed by atoms with Crippen molar-refractivity contribution >= 4 is 17.7 Å². The summed E-state index contributed by atoms with van der Waals surface area (Å²) in [5, 5.41) is 2.20. The Kier molecular flexibility index (Phi) is 3.15. The molecule has 0 radical (unpaired) electrons. The Hall–Kier alpha value is -1.43. The van der Waals surface area contributed by atoms with Gasteiger partial charge in [0.2, 0.25) is 11.8 Å². The van der Waals surface area contributed by atoms with Gasteiger partial charge in [0.1, 0.15) is 18.7 Å². The minimum absolute atomic E-state index is 0.0711. The fraction of sp³-hybridized carbons (Fsp3) is 0.727. The largest absolute Gasteiger partial charge is 0.368 e. The SMILES string of the molecule is CC1CCOC1C(=O)N1CC(=O)NC(=O)C1C. The van der Waals surface area contributed by atoms with E-state index < -0.39 is 24.0 Å². The fourth-order valence-electron chi connectivity index (χ4n) is 2.16. The molecule has 1 N–H and O–H groups in total. The van der Waals surface area contributed by atoms with Crippen molar-refractivity contribution in [1.82, 2.24) is 10.2 Å². The fourth-order valence-corrected chi connectivity index (χ4v) is 2.16. The van der Waals surface area contributed by atoms with E-state index in [1.54, 1.807) is 6.92 Å². The topological polar surface area (TPSA) is 75.7 Å². The molecule has 0 bridgehead atoms. The van der Waals surface area contributed by atoms with E-state index in [9.17, 15) is 14.4 Å². The first-order chi connectivity index (χ1) is 8.00. The molecule has 0 aromatic rings. The van der Waals surface area contributed by atoms with E-state index in [1.807, 2.05) is 6.92 Å². The molecule has 0 saturated carbocycles. The third kappa shape index (κ3) is 2.17. The van der Waals surface area contributed by atoms with Crippen LogP contribution in [0.25, 0.3) is 0 Å². The second kappa shape index (κ2) is 4.44. The van der Waals surface area contributed by atoms with Gasteiger partial charge >= 0.3 is 0 Å². The molecule has 0 aromatic heterocycles. The van der Waals surface area contributed by atoms with E-state index in [0.717, 1.165) is 6.42 Å². The first-order valence-corrected chi connectivity index (χ1v) is 5.76. The molecule has 17 heavy (non-hydrogen) atoms. The number of nitrogens with zero attached hydrogens (tertiary/aromatic N) is 1. The van der Waals surface area contributed by atoms with Crippen LogP contribution < -0.4 is 5.32 Å². The van der Waals surface area contributed by atoms with E-state index in [-0.39, 0.29) is 18.4 Å². The van der Waals surface area contributed by atoms with Crippen molar-refractivity contribution in [2.24, 2.45) is 5.92 Å². The zero-order valence-electron chi connectivity index (χ0n) is 9.93. The van der Waals surface area contributed by atoms with Gasteiger partial charge in [0, 0.05) is 6.61 Å². The number of rotatable bonds is 1. The van der Waals surface area contributed by atoms with Crippen LogP contribution in [-0.2, 0) is 19.1 Å². The summed E-state index contributed by atoms with van der Waals surface area (Å²) in [7, 11) is 0. The number of hydrogen-bond acceptors (Lipinski definition) is 4. The number of hydrogen-bond donors (Lipinski definition) is 1. The van der Waals surface area contributed by atoms with Gasteiger partial charge < -0.3 is 9.64 Å². The Morgan fingerprint density at radius 1 is 1.41 bits per heavy atom. The minimum Gasteiger partial charge on any atom is -0.368 e. The van der Waals surface area contributed by atoms with Gasteiger partial charge in [-0.2, -0.15) is 0 Å². The molecule has 2 heterocycles. The van der Waals surface area contributed by atoms with Gasteiger partial charge in [0.05, 0.1) is 0 Å². The van der Waals surface area contributed by atoms with Gasteiger partial charge in [-0.3, -0.25) is 19.7 Å². The van der Waals surface area contributed by atoms with Crippen LogP contribution in [0, 0.1) is 5.92 Å². The highest BCUT2D eigenvalue weighted by atomic mass is 16.5. The van der Waals surface area contributed by atoms with E-state index in [1.165, 1.54) is 4.90 Å². The highest BCUT2D eigenvalue weighted by Crippen LogP contribution is 2.23. The van der Waals surface area contributed by atoms with Crippen molar-refractivity contribution in [3.63, 3.8) is 0 Å². The highest BCUT2D eigenvalue weighted by Gasteiger charge is 2.40. The number of ether oxygens (including phenoxy) is 1. The number of nitrogens with one attached hydrogen (secondary N) is 1. The maximum atomic E-state index is 12.2. The van der Waals surface area contributed by atoms with Gasteiger partial charge in [0.15, 0.2) is 0 Å². The van der Waals surface area contributed by atoms with Gasteiger partial charge in [0.25, 0.3) is 5.91 Å². The summed E-state index contributed by atoms with van der Waals surface area (Å²) >= 11 is 0. The second-order valence-electron chi connectivity index (χ2n) is 4.61. The molecule has 2 aliphatic heterocycles. The van der Waals surface area contributed by atoms with Crippen molar-refractivity contribution in [3.05, 3.63) is 0 Å². The Labute approximate surface area is 99.3 Å². The van der Waals surface area contributed by atoms with Crippen LogP contribution in [0.1, 0.15) is 20.3 Å². The van der Waals surface area contributed by atoms with Crippen LogP contribution in [0.15, 0.2) is 0 Å². The Bertz CT molecular complexity index is 368. The van der Waals surface area contributed by atoms with Crippen LogP contribution in [0.4, 0.5) is 0 Å². The lowest BCUT2D eigenvalue weighted by Gasteiger charge is -2.33. The predicted molar refractivity (Wildman–Crippen MR) is 57.8 cm³/mol. The van der Waals surface area contributed by atoms with Crippen LogP contribution in [0.5, 0.6) is 0 Å². The number of imide groups is 1. The van der Waals surface area contributed by atoms with Gasteiger partial charge in [-0.15, -0.1) is 0 Å². The molecular formula is C11H16N2O4. The molecule has 3 amide bonds. The summed E-state index contributed by atoms with van der Waals surface area (Å²) in [6.45, 7) is 4.03. The lowest BCUT2D eigenvalue weighted by atomic mass is 10.0. The summed E-state index contributed by atoms with van der Waals surface area (Å²) in [4.78, 5) is 36.2. The average Bonchev–Trinajstić information content (AvgIpc) is 2.69. The molecule has 2 saturated heterocycles. The first kappa shape index (κ1) is 12.0. The maximum Gasteiger partial charge on any atom is 0.253 e. The molecule has 2 aliphatic rings. The van der Waals surface area contributed by atoms with Crippen molar-refractivity contribution in [2.45, 2.75) is 32.4 Å². The molecule has 6 heteroatoms. The summed E-state index contributed by atoms with van der Waals surface area (Å²) in [6.07, 6.45) is 0.315. The third-order valence-corrected chi connectivity index (χ3v) is 3.34. The van der Waals surface area contributed by atoms with E-state index >= 15 is 0 Å². The zero-order chi connectivity index (χ0) is 12.6. The van der Waals surface area contributed by atoms with Gasteiger partial charge in [-0.1, -0.05) is 6.92 Å². The van der Waals surface area contributed by atoms with Crippen LogP contribution in [0.2, 0.25) is 0 Å². The van der Waals surface area contributed by atoms with Gasteiger partial charge in [-0.05, 0) is 19.3 Å². The number of amides is 3. The molecule has 0 spiro atoms. The van der Waals surface area contributed by atoms with Crippen LogP contribution in [0.3, 0.4) is 0 Å². The third-order valence-electron chi connectivity index (χ3n) is 3.34. The Morgan fingerprint density at radius 3 is 2.71 bits per heavy atom. The van der Waals surface area contributed by atoms with Crippen molar-refractivity contribution in [3.8, 4) is 0 Å². The van der Waals surface area contributed by atoms with Crippen molar-refractivity contribution in [1.29, 1.82) is 0 Å². The minimum atomic E-state index is -0.614. The maximum absolute atomic E-state index is 12.2. The second-order valence-corrected chi connectivity index (χ2v) is 4.61. The van der Waals surface area contributed by atoms with E-state index in [0.29, 0.717) is 6.61 Å². The lowest BCUT2D eigenvalue weighted by molar-refractivity contribution is -0.155. The quantitative estimate of drug-likeness (QED) is 0.614. The standard InChI is InChI=1S/C11H16N2O4/c1-6-3-4-17-9(6)11(16)13-5-8(14)12-10(15)7(13)2/h6-7,9H,3-5H2,1-2H3,(H,12,14,15). The van der Waals surface area contributed by atoms with Crippen LogP contribution >= 0.6 is 0 Å². The smallest absolute Gasteiger partial charge is 0.253 e. The molecule has 6 nitrogen and oxygen atoms in total. The molecule has 2 rings (SSSR count). The molecule has 2 fully saturated rings. The number of carbonyl (C=O) groups excluding carboxylic acids is 3. The molecule has 3 atom stereocenters. The van der Waals surface area contributed by atoms with E-state index in [2.05, 4.69) is 5.32 Å². The predicted octanol–water partition coefficient (Wildman–Crippen LogP) is -0.715. The normalized spacial score (nSPS) is 33.8. The zero-order valence-corrected chi connectivity index (χ0v) is 9.93. The lowest BCUT2D eigenvalue weighted by Crippen LogP contribution is -2.60. The Morgan fingerprint density at radius 2 is 2.12 bits per heavy atom. The number of carbonyl (C=O) groups is 3. The summed E-state index contributed by atoms with van der Waals surface area (Å²) in [5.74, 6) is -0.993. The number of piperazine rings is 1. The molecule has 0 aliphatic carbocycles. The van der Waals surface area contributed by atoms with Gasteiger partial charge in [-0.25, -0.2) is 0 Å². The van der Waals surface area contributed by atoms with Crippen molar-refractivity contribution in [2.75, 3.05) is 13.2 Å². The monoisotopic (exact) mass is 240 g/mol. The van der Waals surface area contributed by atoms with Crippen molar-refractivity contribution < 1.29 is 19.1 Å². The molecular weight excluding hydrogens is 224 g/mol. The molecule has 94 valence electrons. The molecule has 0 aromatic carbocycles. The summed E-state index contributed by atoms with van der Waals surface area (Å²) < 4.78 is 5.36. The molecule has 3 unspecified atom stereocenters. The summed E-state index contributed by atoms with van der Waals surface area (Å²) in [6, 6.07) is -0.614. The Balaban J connectivity index is 2.12.